The van der Waals surface area contributed by atoms with E-state index in [9.17, 15) is 4.79 Å². The number of esters is 1. The van der Waals surface area contributed by atoms with Crippen molar-refractivity contribution in [1.29, 1.82) is 0 Å². The van der Waals surface area contributed by atoms with E-state index in [2.05, 4.69) is 34.6 Å². The number of hydrogen-bond donors (Lipinski definition) is 1. The Balaban J connectivity index is 2.91. The third-order valence-corrected chi connectivity index (χ3v) is 4.95. The normalized spacial score (nSPS) is 12.4. The molecule has 31 heavy (non-hydrogen) atoms. The van der Waals surface area contributed by atoms with Crippen LogP contribution >= 0.6 is 11.6 Å². The zero-order valence-electron chi connectivity index (χ0n) is 20.2. The Morgan fingerprint density at radius 3 is 2.10 bits per heavy atom. The van der Waals surface area contributed by atoms with Crippen LogP contribution in [0.5, 0.6) is 0 Å². The fraction of sp³-hybridized carbons (Fsp3) is 0.538. The van der Waals surface area contributed by atoms with Gasteiger partial charge >= 0.3 is 5.97 Å². The summed E-state index contributed by atoms with van der Waals surface area (Å²) in [6.07, 6.45) is 1.44. The van der Waals surface area contributed by atoms with E-state index in [0.717, 1.165) is 34.5 Å². The molecule has 0 atom stereocenters. The molecule has 2 rings (SSSR count). The van der Waals surface area contributed by atoms with Crippen molar-refractivity contribution in [1.82, 2.24) is 4.98 Å². The number of halogens is 1. The molecule has 170 valence electrons. The average Bonchev–Trinajstić information content (AvgIpc) is 2.58. The first-order valence-electron chi connectivity index (χ1n) is 11.0. The quantitative estimate of drug-likeness (QED) is 0.509. The van der Waals surface area contributed by atoms with E-state index in [0.29, 0.717) is 22.9 Å². The first-order valence-corrected chi connectivity index (χ1v) is 11.3. The summed E-state index contributed by atoms with van der Waals surface area (Å²) in [5.41, 5.74) is 10.5. The third kappa shape index (κ3) is 7.05. The van der Waals surface area contributed by atoms with Crippen LogP contribution in [0.4, 0.5) is 0 Å². The number of hydrogen-bond acceptors (Lipinski definition) is 4. The van der Waals surface area contributed by atoms with Crippen LogP contribution in [0, 0.1) is 11.3 Å². The van der Waals surface area contributed by atoms with Crippen molar-refractivity contribution >= 4 is 17.6 Å². The van der Waals surface area contributed by atoms with Gasteiger partial charge in [0.15, 0.2) is 0 Å². The zero-order valence-corrected chi connectivity index (χ0v) is 21.0. The molecule has 0 saturated carbocycles. The summed E-state index contributed by atoms with van der Waals surface area (Å²) in [5.74, 6) is -0.0319. The molecule has 2 N–H and O–H groups in total. The van der Waals surface area contributed by atoms with Crippen LogP contribution < -0.4 is 5.73 Å². The minimum atomic E-state index is -0.615. The number of aromatic nitrogens is 1. The van der Waals surface area contributed by atoms with Gasteiger partial charge in [-0.05, 0) is 68.2 Å². The summed E-state index contributed by atoms with van der Waals surface area (Å²) in [5, 5.41) is 0.642. The van der Waals surface area contributed by atoms with E-state index in [1.807, 2.05) is 45.0 Å². The van der Waals surface area contributed by atoms with Gasteiger partial charge in [-0.25, -0.2) is 4.79 Å². The highest BCUT2D eigenvalue weighted by atomic mass is 35.5. The maximum Gasteiger partial charge on any atom is 0.341 e. The molecule has 4 nitrogen and oxygen atoms in total. The van der Waals surface area contributed by atoms with Crippen molar-refractivity contribution in [3.8, 4) is 11.1 Å². The molecule has 0 aliphatic rings. The van der Waals surface area contributed by atoms with Gasteiger partial charge in [0.05, 0.1) is 11.3 Å². The maximum atomic E-state index is 13.5. The molecule has 0 aliphatic carbocycles. The van der Waals surface area contributed by atoms with Crippen molar-refractivity contribution in [3.05, 3.63) is 51.8 Å². The Bertz CT molecular complexity index is 920. The average molecular weight is 445 g/mol. The topological polar surface area (TPSA) is 65.2 Å². The van der Waals surface area contributed by atoms with E-state index >= 15 is 0 Å². The van der Waals surface area contributed by atoms with Gasteiger partial charge in [0, 0.05) is 22.8 Å². The van der Waals surface area contributed by atoms with Crippen molar-refractivity contribution < 1.29 is 9.53 Å². The maximum absolute atomic E-state index is 13.5. The number of benzene rings is 1. The van der Waals surface area contributed by atoms with E-state index in [1.54, 1.807) is 0 Å². The van der Waals surface area contributed by atoms with Crippen molar-refractivity contribution in [3.63, 3.8) is 0 Å². The summed E-state index contributed by atoms with van der Waals surface area (Å²) in [7, 11) is 0. The Hall–Kier alpha value is -1.91. The molecule has 0 amide bonds. The van der Waals surface area contributed by atoms with Crippen molar-refractivity contribution in [2.45, 2.75) is 80.4 Å². The largest absolute Gasteiger partial charge is 0.456 e. The highest BCUT2D eigenvalue weighted by molar-refractivity contribution is 6.30. The summed E-state index contributed by atoms with van der Waals surface area (Å²) < 4.78 is 5.83. The number of pyridine rings is 1. The molecule has 2 aromatic rings. The number of nitrogens with two attached hydrogens (primary N) is 1. The fourth-order valence-corrected chi connectivity index (χ4v) is 3.74. The van der Waals surface area contributed by atoms with Gasteiger partial charge in [0.25, 0.3) is 0 Å². The van der Waals surface area contributed by atoms with Gasteiger partial charge in [0.2, 0.25) is 0 Å². The molecular weight excluding hydrogens is 408 g/mol. The molecule has 0 radical (unpaired) electrons. The van der Waals surface area contributed by atoms with Crippen LogP contribution in [0.15, 0.2) is 24.3 Å². The zero-order chi connectivity index (χ0) is 23.6. The lowest BCUT2D eigenvalue weighted by molar-refractivity contribution is 0.00684. The summed E-state index contributed by atoms with van der Waals surface area (Å²) in [6, 6.07) is 7.54. The molecule has 0 fully saturated rings. The standard InChI is InChI=1S/C26H37ClN2O2/c1-16(2)13-20-23(24(30)31-26(6,7)8)22(17-9-11-18(27)12-10-17)19(15-28)21(29-20)14-25(3,4)5/h9-12,16H,13-15,28H2,1-8H3. The van der Waals surface area contributed by atoms with E-state index in [4.69, 9.17) is 27.1 Å². The van der Waals surface area contributed by atoms with Crippen molar-refractivity contribution in [2.75, 3.05) is 0 Å². The summed E-state index contributed by atoms with van der Waals surface area (Å²) in [6.45, 7) is 16.7. The third-order valence-electron chi connectivity index (χ3n) is 4.70. The molecule has 0 saturated heterocycles. The lowest BCUT2D eigenvalue weighted by atomic mass is 9.84. The van der Waals surface area contributed by atoms with Crippen LogP contribution in [0.3, 0.4) is 0 Å². The highest BCUT2D eigenvalue weighted by Gasteiger charge is 2.30. The highest BCUT2D eigenvalue weighted by Crippen LogP contribution is 2.36. The van der Waals surface area contributed by atoms with Gasteiger partial charge < -0.3 is 10.5 Å². The molecule has 0 spiro atoms. The van der Waals surface area contributed by atoms with Crippen LogP contribution in [-0.4, -0.2) is 16.6 Å². The predicted molar refractivity (Wildman–Crippen MR) is 129 cm³/mol. The Morgan fingerprint density at radius 1 is 1.06 bits per heavy atom. The van der Waals surface area contributed by atoms with E-state index in [1.165, 1.54) is 0 Å². The van der Waals surface area contributed by atoms with Gasteiger partial charge in [-0.1, -0.05) is 58.4 Å². The first kappa shape index (κ1) is 25.4. The Kier molecular flexibility index (Phi) is 7.94. The second kappa shape index (κ2) is 9.70. The molecule has 0 bridgehead atoms. The van der Waals surface area contributed by atoms with Crippen LogP contribution in [0.2, 0.25) is 5.02 Å². The molecular formula is C26H37ClN2O2. The van der Waals surface area contributed by atoms with Crippen molar-refractivity contribution in [2.24, 2.45) is 17.1 Å². The molecule has 0 aliphatic heterocycles. The Labute approximate surface area is 192 Å². The minimum absolute atomic E-state index is 0.0245. The smallest absolute Gasteiger partial charge is 0.341 e. The SMILES string of the molecule is CC(C)Cc1nc(CC(C)(C)C)c(CN)c(-c2ccc(Cl)cc2)c1C(=O)OC(C)(C)C. The molecule has 5 heteroatoms. The Morgan fingerprint density at radius 2 is 1.65 bits per heavy atom. The lowest BCUT2D eigenvalue weighted by Crippen LogP contribution is -2.27. The number of ether oxygens (including phenoxy) is 1. The fourth-order valence-electron chi connectivity index (χ4n) is 3.61. The second-order valence-corrected chi connectivity index (χ2v) is 11.2. The van der Waals surface area contributed by atoms with Crippen LogP contribution in [-0.2, 0) is 24.1 Å². The monoisotopic (exact) mass is 444 g/mol. The number of rotatable bonds is 6. The lowest BCUT2D eigenvalue weighted by Gasteiger charge is -2.27. The number of carbonyl (C=O) groups is 1. The first-order chi connectivity index (χ1) is 14.2. The van der Waals surface area contributed by atoms with Gasteiger partial charge in [0.1, 0.15) is 5.60 Å². The molecule has 1 aromatic carbocycles. The predicted octanol–water partition coefficient (Wildman–Crippen LogP) is 6.60. The van der Waals surface area contributed by atoms with Gasteiger partial charge in [-0.3, -0.25) is 4.98 Å². The summed E-state index contributed by atoms with van der Waals surface area (Å²) >= 11 is 6.15. The second-order valence-electron chi connectivity index (χ2n) is 10.8. The van der Waals surface area contributed by atoms with E-state index in [-0.39, 0.29) is 17.9 Å². The molecule has 1 aromatic heterocycles. The molecule has 0 unspecified atom stereocenters. The van der Waals surface area contributed by atoms with Crippen LogP contribution in [0.25, 0.3) is 11.1 Å². The summed E-state index contributed by atoms with van der Waals surface area (Å²) in [4.78, 5) is 18.5. The van der Waals surface area contributed by atoms with Crippen LogP contribution in [0.1, 0.15) is 82.7 Å². The van der Waals surface area contributed by atoms with Gasteiger partial charge in [-0.2, -0.15) is 0 Å². The molecule has 1 heterocycles. The van der Waals surface area contributed by atoms with Gasteiger partial charge in [-0.15, -0.1) is 0 Å². The number of carbonyl (C=O) groups excluding carboxylic acids is 1. The van der Waals surface area contributed by atoms with E-state index < -0.39 is 5.60 Å². The number of nitrogens with zero attached hydrogens (tertiary/aromatic N) is 1. The minimum Gasteiger partial charge on any atom is -0.456 e.